The number of urea groups is 1. The number of hydrogen-bond acceptors (Lipinski definition) is 4. The summed E-state index contributed by atoms with van der Waals surface area (Å²) in [4.78, 5) is 27.5. The van der Waals surface area contributed by atoms with Crippen LogP contribution in [0.1, 0.15) is 55.7 Å². The van der Waals surface area contributed by atoms with E-state index in [4.69, 9.17) is 0 Å². The maximum atomic E-state index is 13.4. The van der Waals surface area contributed by atoms with Crippen molar-refractivity contribution in [3.05, 3.63) is 70.1 Å². The van der Waals surface area contributed by atoms with E-state index in [-0.39, 0.29) is 23.0 Å². The van der Waals surface area contributed by atoms with Crippen molar-refractivity contribution >= 4 is 22.5 Å². The minimum atomic E-state index is -0.141. The van der Waals surface area contributed by atoms with E-state index < -0.39 is 0 Å². The first kappa shape index (κ1) is 21.4. The Morgan fingerprint density at radius 1 is 0.971 bits per heavy atom. The highest BCUT2D eigenvalue weighted by atomic mass is 16.2. The lowest BCUT2D eigenvalue weighted by atomic mass is 9.75. The zero-order valence-electron chi connectivity index (χ0n) is 19.3. The Morgan fingerprint density at radius 2 is 1.68 bits per heavy atom. The number of carbonyl (C=O) groups is 1. The molecular weight excluding hydrogens is 426 g/mol. The Balaban J connectivity index is 1.14. The molecule has 1 saturated carbocycles. The second-order valence-corrected chi connectivity index (χ2v) is 10.1. The molecular formula is C27H31N5O2. The van der Waals surface area contributed by atoms with E-state index in [2.05, 4.69) is 39.0 Å². The second kappa shape index (κ2) is 8.55. The number of benzene rings is 2. The molecule has 0 bridgehead atoms. The Morgan fingerprint density at radius 3 is 2.47 bits per heavy atom. The number of amides is 2. The second-order valence-electron chi connectivity index (χ2n) is 10.1. The van der Waals surface area contributed by atoms with Crippen LogP contribution >= 0.6 is 0 Å². The van der Waals surface area contributed by atoms with E-state index in [1.165, 1.54) is 5.56 Å². The number of anilines is 1. The SMILES string of the molecule is O=C(NC1CCC(c2n[nH]c(=O)c3ccccc23)CC1)N1CC2(CCNCC2)c2ccccc21. The van der Waals surface area contributed by atoms with Crippen molar-refractivity contribution in [2.75, 3.05) is 24.5 Å². The average Bonchev–Trinajstić information content (AvgIpc) is 3.19. The summed E-state index contributed by atoms with van der Waals surface area (Å²) in [6.07, 6.45) is 5.85. The maximum absolute atomic E-state index is 13.4. The topological polar surface area (TPSA) is 90.1 Å². The van der Waals surface area contributed by atoms with E-state index in [0.717, 1.165) is 74.9 Å². The van der Waals surface area contributed by atoms with Gasteiger partial charge in [-0.25, -0.2) is 9.89 Å². The first-order chi connectivity index (χ1) is 16.6. The molecule has 34 heavy (non-hydrogen) atoms. The highest BCUT2D eigenvalue weighted by Gasteiger charge is 2.45. The number of hydrogen-bond donors (Lipinski definition) is 3. The molecule has 2 aromatic carbocycles. The fraction of sp³-hybridized carbons (Fsp3) is 0.444. The maximum Gasteiger partial charge on any atom is 0.322 e. The van der Waals surface area contributed by atoms with Gasteiger partial charge in [-0.1, -0.05) is 36.4 Å². The van der Waals surface area contributed by atoms with Crippen LogP contribution in [0, 0.1) is 0 Å². The highest BCUT2D eigenvalue weighted by Crippen LogP contribution is 2.46. The highest BCUT2D eigenvalue weighted by molar-refractivity contribution is 5.95. The third-order valence-electron chi connectivity index (χ3n) is 8.20. The van der Waals surface area contributed by atoms with Gasteiger partial charge >= 0.3 is 6.03 Å². The molecule has 3 heterocycles. The van der Waals surface area contributed by atoms with Gasteiger partial charge in [-0.15, -0.1) is 0 Å². The van der Waals surface area contributed by atoms with Crippen molar-refractivity contribution in [3.8, 4) is 0 Å². The molecule has 2 aliphatic heterocycles. The molecule has 1 aliphatic carbocycles. The standard InChI is InChI=1S/C27H31N5O2/c33-25-21-6-2-1-5-20(21)24(30-31-25)18-9-11-19(12-10-18)29-26(34)32-17-27(13-15-28-16-14-27)22-7-3-4-8-23(22)32/h1-8,18-19,28H,9-17H2,(H,29,34)(H,31,33). The van der Waals surface area contributed by atoms with E-state index in [1.54, 1.807) is 0 Å². The van der Waals surface area contributed by atoms with Gasteiger partial charge in [0.1, 0.15) is 0 Å². The van der Waals surface area contributed by atoms with Crippen LogP contribution in [0.5, 0.6) is 0 Å². The minimum absolute atomic E-state index is 0.0268. The van der Waals surface area contributed by atoms with Crippen LogP contribution in [-0.4, -0.2) is 41.9 Å². The van der Waals surface area contributed by atoms with Gasteiger partial charge in [0.25, 0.3) is 5.56 Å². The molecule has 176 valence electrons. The van der Waals surface area contributed by atoms with Gasteiger partial charge in [0, 0.05) is 35.0 Å². The number of carbonyl (C=O) groups excluding carboxylic acids is 1. The predicted molar refractivity (Wildman–Crippen MR) is 133 cm³/mol. The van der Waals surface area contributed by atoms with E-state index >= 15 is 0 Å². The molecule has 3 aliphatic rings. The molecule has 1 spiro atoms. The molecule has 0 atom stereocenters. The normalized spacial score (nSPS) is 23.7. The van der Waals surface area contributed by atoms with Gasteiger partial charge in [0.15, 0.2) is 0 Å². The Bertz CT molecular complexity index is 1270. The smallest absolute Gasteiger partial charge is 0.322 e. The summed E-state index contributed by atoms with van der Waals surface area (Å²) in [5.74, 6) is 0.292. The largest absolute Gasteiger partial charge is 0.335 e. The monoisotopic (exact) mass is 457 g/mol. The van der Waals surface area contributed by atoms with Crippen LogP contribution in [0.2, 0.25) is 0 Å². The molecule has 3 N–H and O–H groups in total. The summed E-state index contributed by atoms with van der Waals surface area (Å²) in [5, 5.41) is 15.5. The Kier molecular flexibility index (Phi) is 5.37. The van der Waals surface area contributed by atoms with Crippen molar-refractivity contribution in [2.45, 2.75) is 55.9 Å². The van der Waals surface area contributed by atoms with E-state index in [1.807, 2.05) is 35.2 Å². The summed E-state index contributed by atoms with van der Waals surface area (Å²) in [6, 6.07) is 16.3. The fourth-order valence-corrected chi connectivity index (χ4v) is 6.36. The zero-order chi connectivity index (χ0) is 23.1. The van der Waals surface area contributed by atoms with Crippen LogP contribution in [0.4, 0.5) is 10.5 Å². The number of rotatable bonds is 2. The first-order valence-corrected chi connectivity index (χ1v) is 12.5. The van der Waals surface area contributed by atoms with Crippen molar-refractivity contribution in [1.29, 1.82) is 0 Å². The van der Waals surface area contributed by atoms with Crippen molar-refractivity contribution in [1.82, 2.24) is 20.8 Å². The molecule has 6 rings (SSSR count). The quantitative estimate of drug-likeness (QED) is 0.546. The van der Waals surface area contributed by atoms with Gasteiger partial charge in [-0.3, -0.25) is 9.69 Å². The lowest BCUT2D eigenvalue weighted by Gasteiger charge is -2.35. The Labute approximate surface area is 198 Å². The zero-order valence-corrected chi connectivity index (χ0v) is 19.3. The van der Waals surface area contributed by atoms with Crippen LogP contribution in [-0.2, 0) is 5.41 Å². The predicted octanol–water partition coefficient (Wildman–Crippen LogP) is 3.80. The van der Waals surface area contributed by atoms with Crippen molar-refractivity contribution < 1.29 is 4.79 Å². The molecule has 1 saturated heterocycles. The number of piperidine rings is 1. The van der Waals surface area contributed by atoms with Crippen molar-refractivity contribution in [2.24, 2.45) is 0 Å². The van der Waals surface area contributed by atoms with Crippen LogP contribution in [0.15, 0.2) is 53.3 Å². The van der Waals surface area contributed by atoms with Gasteiger partial charge in [-0.2, -0.15) is 5.10 Å². The van der Waals surface area contributed by atoms with Gasteiger partial charge < -0.3 is 10.6 Å². The van der Waals surface area contributed by atoms with Crippen LogP contribution in [0.25, 0.3) is 10.8 Å². The molecule has 7 nitrogen and oxygen atoms in total. The third-order valence-corrected chi connectivity index (χ3v) is 8.20. The van der Waals surface area contributed by atoms with Gasteiger partial charge in [0.05, 0.1) is 11.1 Å². The number of nitrogens with one attached hydrogen (secondary N) is 3. The lowest BCUT2D eigenvalue weighted by Crippen LogP contribution is -2.49. The number of nitrogens with zero attached hydrogens (tertiary/aromatic N) is 2. The molecule has 0 unspecified atom stereocenters. The first-order valence-electron chi connectivity index (χ1n) is 12.5. The molecule has 3 aromatic rings. The third kappa shape index (κ3) is 3.59. The molecule has 2 fully saturated rings. The number of fused-ring (bicyclic) bond motifs is 3. The van der Waals surface area contributed by atoms with E-state index in [0.29, 0.717) is 11.3 Å². The van der Waals surface area contributed by atoms with Crippen LogP contribution in [0.3, 0.4) is 0 Å². The number of para-hydroxylation sites is 1. The number of H-pyrrole nitrogens is 1. The Hall–Kier alpha value is -3.19. The lowest BCUT2D eigenvalue weighted by molar-refractivity contribution is 0.234. The summed E-state index contributed by atoms with van der Waals surface area (Å²) in [5.41, 5.74) is 3.30. The molecule has 7 heteroatoms. The summed E-state index contributed by atoms with van der Waals surface area (Å²) < 4.78 is 0. The fourth-order valence-electron chi connectivity index (χ4n) is 6.36. The number of aromatic nitrogens is 2. The van der Waals surface area contributed by atoms with Crippen molar-refractivity contribution in [3.63, 3.8) is 0 Å². The summed E-state index contributed by atoms with van der Waals surface area (Å²) >= 11 is 0. The number of aromatic amines is 1. The van der Waals surface area contributed by atoms with Gasteiger partial charge in [-0.05, 0) is 69.3 Å². The molecule has 0 radical (unpaired) electrons. The summed E-state index contributed by atoms with van der Waals surface area (Å²) in [6.45, 7) is 2.77. The van der Waals surface area contributed by atoms with Gasteiger partial charge in [0.2, 0.25) is 0 Å². The molecule has 1 aromatic heterocycles. The minimum Gasteiger partial charge on any atom is -0.335 e. The van der Waals surface area contributed by atoms with Crippen LogP contribution < -0.4 is 21.1 Å². The molecule has 2 amide bonds. The average molecular weight is 458 g/mol. The summed E-state index contributed by atoms with van der Waals surface area (Å²) in [7, 11) is 0. The van der Waals surface area contributed by atoms with E-state index in [9.17, 15) is 9.59 Å².